The first-order valence-electron chi connectivity index (χ1n) is 6.85. The predicted molar refractivity (Wildman–Crippen MR) is 82.7 cm³/mol. The van der Waals surface area contributed by atoms with Gasteiger partial charge in [-0.05, 0) is 24.3 Å². The number of carboxylic acid groups (broad SMARTS) is 1. The Kier molecular flexibility index (Phi) is 3.89. The van der Waals surface area contributed by atoms with Gasteiger partial charge in [-0.1, -0.05) is 18.2 Å². The summed E-state index contributed by atoms with van der Waals surface area (Å²) in [6.07, 6.45) is -0.259. The van der Waals surface area contributed by atoms with Crippen LogP contribution in [0.25, 0.3) is 10.9 Å². The van der Waals surface area contributed by atoms with Crippen LogP contribution in [-0.4, -0.2) is 16.1 Å². The number of fused-ring (bicyclic) bond motifs is 1. The second-order valence-electron chi connectivity index (χ2n) is 5.00. The number of carbonyl (C=O) groups is 1. The minimum Gasteiger partial charge on any atom is -0.481 e. The minimum atomic E-state index is -1.02. The molecule has 3 aromatic rings. The first kappa shape index (κ1) is 14.9. The van der Waals surface area contributed by atoms with E-state index in [1.54, 1.807) is 24.3 Å². The fourth-order valence-electron chi connectivity index (χ4n) is 2.32. The first-order valence-corrected chi connectivity index (χ1v) is 6.85. The zero-order valence-corrected chi connectivity index (χ0v) is 11.9. The molecule has 2 N–H and O–H groups in total. The number of pyridine rings is 1. The molecule has 0 saturated carbocycles. The summed E-state index contributed by atoms with van der Waals surface area (Å²) in [5.41, 5.74) is 1.35. The highest BCUT2D eigenvalue weighted by atomic mass is 19.1. The van der Waals surface area contributed by atoms with Crippen LogP contribution < -0.4 is 5.32 Å². The van der Waals surface area contributed by atoms with E-state index in [-0.39, 0.29) is 12.1 Å². The Balaban J connectivity index is 2.11. The third kappa shape index (κ3) is 3.26. The van der Waals surface area contributed by atoms with E-state index in [1.165, 1.54) is 6.07 Å². The SMILES string of the molecule is O=C(O)Cc1cc(Nc2cc(F)ccc2F)c2ccccc2n1. The summed E-state index contributed by atoms with van der Waals surface area (Å²) in [5.74, 6) is -2.19. The molecule has 1 aromatic heterocycles. The van der Waals surface area contributed by atoms with Crippen molar-refractivity contribution in [2.24, 2.45) is 0 Å². The summed E-state index contributed by atoms with van der Waals surface area (Å²) >= 11 is 0. The molecule has 0 spiro atoms. The number of hydrogen-bond donors (Lipinski definition) is 2. The molecule has 3 rings (SSSR count). The lowest BCUT2D eigenvalue weighted by molar-refractivity contribution is -0.136. The van der Waals surface area contributed by atoms with Gasteiger partial charge in [-0.25, -0.2) is 8.78 Å². The van der Waals surface area contributed by atoms with Crippen LogP contribution in [0, 0.1) is 11.6 Å². The van der Waals surface area contributed by atoms with E-state index in [0.29, 0.717) is 22.3 Å². The highest BCUT2D eigenvalue weighted by molar-refractivity contribution is 5.93. The highest BCUT2D eigenvalue weighted by Crippen LogP contribution is 2.28. The second kappa shape index (κ2) is 6.00. The van der Waals surface area contributed by atoms with Crippen molar-refractivity contribution in [3.63, 3.8) is 0 Å². The van der Waals surface area contributed by atoms with Gasteiger partial charge < -0.3 is 10.4 Å². The largest absolute Gasteiger partial charge is 0.481 e. The summed E-state index contributed by atoms with van der Waals surface area (Å²) < 4.78 is 27.1. The van der Waals surface area contributed by atoms with Crippen LogP contribution >= 0.6 is 0 Å². The Hall–Kier alpha value is -3.02. The van der Waals surface area contributed by atoms with Gasteiger partial charge in [-0.2, -0.15) is 0 Å². The molecule has 0 aliphatic heterocycles. The van der Waals surface area contributed by atoms with Gasteiger partial charge in [-0.3, -0.25) is 9.78 Å². The van der Waals surface area contributed by atoms with E-state index in [9.17, 15) is 13.6 Å². The molecule has 2 aromatic carbocycles. The van der Waals surface area contributed by atoms with Crippen LogP contribution in [0.4, 0.5) is 20.2 Å². The number of carboxylic acids is 1. The summed E-state index contributed by atoms with van der Waals surface area (Å²) in [6.45, 7) is 0. The zero-order valence-electron chi connectivity index (χ0n) is 11.9. The molecule has 23 heavy (non-hydrogen) atoms. The van der Waals surface area contributed by atoms with Crippen LogP contribution in [0.15, 0.2) is 48.5 Å². The number of rotatable bonds is 4. The van der Waals surface area contributed by atoms with E-state index in [2.05, 4.69) is 10.3 Å². The fraction of sp³-hybridized carbons (Fsp3) is 0.0588. The second-order valence-corrected chi connectivity index (χ2v) is 5.00. The van der Waals surface area contributed by atoms with Crippen molar-refractivity contribution in [1.29, 1.82) is 0 Å². The van der Waals surface area contributed by atoms with Crippen molar-refractivity contribution >= 4 is 28.2 Å². The molecule has 0 amide bonds. The van der Waals surface area contributed by atoms with Crippen LogP contribution in [0.2, 0.25) is 0 Å². The van der Waals surface area contributed by atoms with Gasteiger partial charge in [0.05, 0.1) is 23.3 Å². The van der Waals surface area contributed by atoms with Crippen LogP contribution in [-0.2, 0) is 11.2 Å². The van der Waals surface area contributed by atoms with Gasteiger partial charge in [0.1, 0.15) is 11.6 Å². The Morgan fingerprint density at radius 1 is 1.09 bits per heavy atom. The third-order valence-electron chi connectivity index (χ3n) is 3.30. The molecule has 0 atom stereocenters. The lowest BCUT2D eigenvalue weighted by Crippen LogP contribution is -2.04. The van der Waals surface area contributed by atoms with E-state index < -0.39 is 17.6 Å². The molecule has 1 heterocycles. The van der Waals surface area contributed by atoms with Crippen molar-refractivity contribution in [2.45, 2.75) is 6.42 Å². The fourth-order valence-corrected chi connectivity index (χ4v) is 2.32. The Morgan fingerprint density at radius 2 is 1.87 bits per heavy atom. The quantitative estimate of drug-likeness (QED) is 0.767. The maximum absolute atomic E-state index is 13.8. The standard InChI is InChI=1S/C17H12F2N2O2/c18-10-5-6-13(19)16(7-10)21-15-8-11(9-17(22)23)20-14-4-2-1-3-12(14)15/h1-8H,9H2,(H,20,21)(H,22,23). The molecule has 0 fully saturated rings. The lowest BCUT2D eigenvalue weighted by atomic mass is 10.1. The first-order chi connectivity index (χ1) is 11.0. The molecule has 6 heteroatoms. The third-order valence-corrected chi connectivity index (χ3v) is 3.30. The van der Waals surface area contributed by atoms with E-state index in [0.717, 1.165) is 18.2 Å². The number of anilines is 2. The molecule has 0 saturated heterocycles. The van der Waals surface area contributed by atoms with Gasteiger partial charge >= 0.3 is 5.97 Å². The van der Waals surface area contributed by atoms with Crippen molar-refractivity contribution < 1.29 is 18.7 Å². The molecule has 0 bridgehead atoms. The molecular formula is C17H12F2N2O2. The Bertz CT molecular complexity index is 897. The van der Waals surface area contributed by atoms with Gasteiger partial charge in [0.25, 0.3) is 0 Å². The summed E-state index contributed by atoms with van der Waals surface area (Å²) in [6, 6.07) is 11.7. The van der Waals surface area contributed by atoms with Crippen molar-refractivity contribution in [1.82, 2.24) is 4.98 Å². The van der Waals surface area contributed by atoms with Crippen molar-refractivity contribution in [3.8, 4) is 0 Å². The van der Waals surface area contributed by atoms with Crippen molar-refractivity contribution in [2.75, 3.05) is 5.32 Å². The minimum absolute atomic E-state index is 0.0253. The van der Waals surface area contributed by atoms with Crippen LogP contribution in [0.1, 0.15) is 5.69 Å². The predicted octanol–water partition coefficient (Wildman–Crippen LogP) is 3.88. The van der Waals surface area contributed by atoms with Gasteiger partial charge in [-0.15, -0.1) is 0 Å². The van der Waals surface area contributed by atoms with E-state index >= 15 is 0 Å². The number of halogens is 2. The maximum atomic E-state index is 13.8. The number of aliphatic carboxylic acids is 1. The highest BCUT2D eigenvalue weighted by Gasteiger charge is 2.11. The average Bonchev–Trinajstić information content (AvgIpc) is 2.50. The van der Waals surface area contributed by atoms with Gasteiger partial charge in [0, 0.05) is 17.1 Å². The Labute approximate surface area is 130 Å². The van der Waals surface area contributed by atoms with Crippen LogP contribution in [0.3, 0.4) is 0 Å². The lowest BCUT2D eigenvalue weighted by Gasteiger charge is -2.12. The molecule has 116 valence electrons. The number of benzene rings is 2. The number of para-hydroxylation sites is 1. The van der Waals surface area contributed by atoms with Gasteiger partial charge in [0.2, 0.25) is 0 Å². The average molecular weight is 314 g/mol. The number of hydrogen-bond acceptors (Lipinski definition) is 3. The molecule has 0 radical (unpaired) electrons. The topological polar surface area (TPSA) is 62.2 Å². The van der Waals surface area contributed by atoms with Gasteiger partial charge in [0.15, 0.2) is 0 Å². The van der Waals surface area contributed by atoms with Crippen molar-refractivity contribution in [3.05, 3.63) is 65.9 Å². The molecular weight excluding hydrogens is 302 g/mol. The Morgan fingerprint density at radius 3 is 2.65 bits per heavy atom. The normalized spacial score (nSPS) is 10.7. The molecule has 4 nitrogen and oxygen atoms in total. The number of nitrogens with one attached hydrogen (secondary N) is 1. The molecule has 0 aliphatic carbocycles. The monoisotopic (exact) mass is 314 g/mol. The number of nitrogens with zero attached hydrogens (tertiary/aromatic N) is 1. The zero-order chi connectivity index (χ0) is 16.4. The van der Waals surface area contributed by atoms with E-state index in [1.807, 2.05) is 0 Å². The number of aromatic nitrogens is 1. The van der Waals surface area contributed by atoms with E-state index in [4.69, 9.17) is 5.11 Å². The summed E-state index contributed by atoms with van der Waals surface area (Å²) in [5, 5.41) is 12.4. The molecule has 0 unspecified atom stereocenters. The van der Waals surface area contributed by atoms with Crippen LogP contribution in [0.5, 0.6) is 0 Å². The summed E-state index contributed by atoms with van der Waals surface area (Å²) in [7, 11) is 0. The smallest absolute Gasteiger partial charge is 0.309 e. The maximum Gasteiger partial charge on any atom is 0.309 e. The summed E-state index contributed by atoms with van der Waals surface area (Å²) in [4.78, 5) is 15.2. The molecule has 0 aliphatic rings.